The molecule has 0 saturated heterocycles. The summed E-state index contributed by atoms with van der Waals surface area (Å²) in [6.07, 6.45) is 6.50. The van der Waals surface area contributed by atoms with E-state index in [1.807, 2.05) is 16.8 Å². The SMILES string of the molecule is O=c1[nH]c2cnc3[nH]ccc3c2n1C1CCC(O)CC1. The average molecular weight is 272 g/mol. The van der Waals surface area contributed by atoms with Gasteiger partial charge in [0.15, 0.2) is 0 Å². The minimum Gasteiger partial charge on any atom is -0.393 e. The average Bonchev–Trinajstić information content (AvgIpc) is 3.02. The fraction of sp³-hybridized carbons (Fsp3) is 0.429. The van der Waals surface area contributed by atoms with Gasteiger partial charge in [-0.1, -0.05) is 0 Å². The summed E-state index contributed by atoms with van der Waals surface area (Å²) in [7, 11) is 0. The second kappa shape index (κ2) is 4.21. The molecule has 3 aromatic rings. The Morgan fingerprint density at radius 2 is 2.10 bits per heavy atom. The zero-order valence-electron chi connectivity index (χ0n) is 11.0. The van der Waals surface area contributed by atoms with Crippen molar-refractivity contribution in [3.8, 4) is 0 Å². The molecule has 0 atom stereocenters. The van der Waals surface area contributed by atoms with Crippen molar-refractivity contribution in [2.75, 3.05) is 0 Å². The summed E-state index contributed by atoms with van der Waals surface area (Å²) in [6.45, 7) is 0. The van der Waals surface area contributed by atoms with Gasteiger partial charge in [0.1, 0.15) is 5.65 Å². The molecule has 0 spiro atoms. The number of aromatic amines is 2. The first-order chi connectivity index (χ1) is 9.74. The molecular formula is C14H16N4O2. The normalized spacial score (nSPS) is 23.6. The van der Waals surface area contributed by atoms with Gasteiger partial charge >= 0.3 is 5.69 Å². The summed E-state index contributed by atoms with van der Waals surface area (Å²) in [4.78, 5) is 22.6. The number of aliphatic hydroxyl groups is 1. The van der Waals surface area contributed by atoms with E-state index in [-0.39, 0.29) is 17.8 Å². The number of rotatable bonds is 1. The van der Waals surface area contributed by atoms with Crippen LogP contribution < -0.4 is 5.69 Å². The summed E-state index contributed by atoms with van der Waals surface area (Å²) >= 11 is 0. The number of pyridine rings is 1. The zero-order chi connectivity index (χ0) is 13.7. The molecule has 1 fully saturated rings. The summed E-state index contributed by atoms with van der Waals surface area (Å²) in [5, 5.41) is 10.6. The van der Waals surface area contributed by atoms with Crippen molar-refractivity contribution in [3.05, 3.63) is 28.9 Å². The topological polar surface area (TPSA) is 86.7 Å². The molecular weight excluding hydrogens is 256 g/mol. The van der Waals surface area contributed by atoms with Gasteiger partial charge in [-0.05, 0) is 31.7 Å². The van der Waals surface area contributed by atoms with Gasteiger partial charge in [0, 0.05) is 17.6 Å². The fourth-order valence-corrected chi connectivity index (χ4v) is 3.29. The van der Waals surface area contributed by atoms with Gasteiger partial charge < -0.3 is 15.1 Å². The maximum Gasteiger partial charge on any atom is 0.326 e. The molecule has 6 nitrogen and oxygen atoms in total. The zero-order valence-corrected chi connectivity index (χ0v) is 11.0. The summed E-state index contributed by atoms with van der Waals surface area (Å²) in [5.41, 5.74) is 2.40. The third kappa shape index (κ3) is 1.61. The molecule has 6 heteroatoms. The number of nitrogens with zero attached hydrogens (tertiary/aromatic N) is 2. The highest BCUT2D eigenvalue weighted by molar-refractivity contribution is 6.00. The minimum absolute atomic E-state index is 0.0862. The molecule has 1 aliphatic carbocycles. The van der Waals surface area contributed by atoms with E-state index in [2.05, 4.69) is 15.0 Å². The van der Waals surface area contributed by atoms with Crippen LogP contribution in [0.1, 0.15) is 31.7 Å². The van der Waals surface area contributed by atoms with E-state index < -0.39 is 0 Å². The first-order valence-corrected chi connectivity index (χ1v) is 6.98. The Balaban J connectivity index is 1.95. The third-order valence-corrected chi connectivity index (χ3v) is 4.29. The molecule has 1 saturated carbocycles. The van der Waals surface area contributed by atoms with Crippen LogP contribution in [-0.2, 0) is 0 Å². The van der Waals surface area contributed by atoms with Gasteiger partial charge in [-0.25, -0.2) is 9.78 Å². The summed E-state index contributed by atoms with van der Waals surface area (Å²) in [5.74, 6) is 0. The highest BCUT2D eigenvalue weighted by Gasteiger charge is 2.24. The standard InChI is InChI=1S/C14H16N4O2/c19-9-3-1-8(2-4-9)18-12-10-5-6-15-13(10)16-7-11(12)17-14(18)20/h5-9,19H,1-4H2,(H,15,16)(H,17,20). The predicted octanol–water partition coefficient (Wildman–Crippen LogP) is 1.68. The number of aliphatic hydroxyl groups excluding tert-OH is 1. The third-order valence-electron chi connectivity index (χ3n) is 4.29. The maximum atomic E-state index is 12.3. The van der Waals surface area contributed by atoms with Crippen molar-refractivity contribution in [2.24, 2.45) is 0 Å². The number of aromatic nitrogens is 4. The number of hydrogen-bond acceptors (Lipinski definition) is 3. The monoisotopic (exact) mass is 272 g/mol. The largest absolute Gasteiger partial charge is 0.393 e. The van der Waals surface area contributed by atoms with E-state index in [9.17, 15) is 9.90 Å². The highest BCUT2D eigenvalue weighted by atomic mass is 16.3. The van der Waals surface area contributed by atoms with Crippen LogP contribution in [0.5, 0.6) is 0 Å². The fourth-order valence-electron chi connectivity index (χ4n) is 3.29. The lowest BCUT2D eigenvalue weighted by molar-refractivity contribution is 0.111. The van der Waals surface area contributed by atoms with Crippen LogP contribution in [0.3, 0.4) is 0 Å². The quantitative estimate of drug-likeness (QED) is 0.630. The second-order valence-corrected chi connectivity index (χ2v) is 5.52. The van der Waals surface area contributed by atoms with Gasteiger partial charge in [-0.2, -0.15) is 0 Å². The van der Waals surface area contributed by atoms with Crippen molar-refractivity contribution in [1.82, 2.24) is 19.5 Å². The van der Waals surface area contributed by atoms with Crippen molar-refractivity contribution in [2.45, 2.75) is 37.8 Å². The molecule has 4 rings (SSSR count). The molecule has 3 heterocycles. The summed E-state index contributed by atoms with van der Waals surface area (Å²) in [6, 6.07) is 2.10. The molecule has 0 amide bonds. The van der Waals surface area contributed by atoms with Crippen molar-refractivity contribution >= 4 is 22.1 Å². The lowest BCUT2D eigenvalue weighted by Crippen LogP contribution is -2.27. The molecule has 104 valence electrons. The van der Waals surface area contributed by atoms with Crippen LogP contribution in [0.4, 0.5) is 0 Å². The van der Waals surface area contributed by atoms with E-state index in [0.717, 1.165) is 47.8 Å². The van der Waals surface area contributed by atoms with Crippen LogP contribution in [0.15, 0.2) is 23.3 Å². The Hall–Kier alpha value is -2.08. The number of fused-ring (bicyclic) bond motifs is 3. The lowest BCUT2D eigenvalue weighted by Gasteiger charge is -2.26. The summed E-state index contributed by atoms with van der Waals surface area (Å²) < 4.78 is 1.85. The van der Waals surface area contributed by atoms with E-state index in [0.29, 0.717) is 0 Å². The molecule has 0 aromatic carbocycles. The Morgan fingerprint density at radius 3 is 2.90 bits per heavy atom. The van der Waals surface area contributed by atoms with Crippen LogP contribution >= 0.6 is 0 Å². The Bertz CT molecular complexity index is 821. The molecule has 0 bridgehead atoms. The van der Waals surface area contributed by atoms with Crippen LogP contribution in [0, 0.1) is 0 Å². The molecule has 0 aliphatic heterocycles. The van der Waals surface area contributed by atoms with Crippen LogP contribution in [0.2, 0.25) is 0 Å². The molecule has 3 aromatic heterocycles. The van der Waals surface area contributed by atoms with Gasteiger partial charge in [-0.3, -0.25) is 4.57 Å². The molecule has 1 aliphatic rings. The number of nitrogens with one attached hydrogen (secondary N) is 2. The predicted molar refractivity (Wildman–Crippen MR) is 75.7 cm³/mol. The van der Waals surface area contributed by atoms with Gasteiger partial charge in [0.25, 0.3) is 0 Å². The van der Waals surface area contributed by atoms with Crippen LogP contribution in [0.25, 0.3) is 22.1 Å². The second-order valence-electron chi connectivity index (χ2n) is 5.52. The molecule has 0 radical (unpaired) electrons. The molecule has 0 unspecified atom stereocenters. The smallest absolute Gasteiger partial charge is 0.326 e. The first kappa shape index (κ1) is 11.7. The minimum atomic E-state index is -0.221. The Morgan fingerprint density at radius 1 is 1.30 bits per heavy atom. The Kier molecular flexibility index (Phi) is 2.47. The number of imidazole rings is 1. The van der Waals surface area contributed by atoms with E-state index in [1.54, 1.807) is 6.20 Å². The molecule has 3 N–H and O–H groups in total. The lowest BCUT2D eigenvalue weighted by atomic mass is 9.93. The number of hydrogen-bond donors (Lipinski definition) is 3. The van der Waals surface area contributed by atoms with Crippen molar-refractivity contribution in [1.29, 1.82) is 0 Å². The maximum absolute atomic E-state index is 12.3. The van der Waals surface area contributed by atoms with E-state index >= 15 is 0 Å². The van der Waals surface area contributed by atoms with Gasteiger partial charge in [0.05, 0.1) is 23.3 Å². The van der Waals surface area contributed by atoms with Crippen molar-refractivity contribution < 1.29 is 5.11 Å². The van der Waals surface area contributed by atoms with E-state index in [1.165, 1.54) is 0 Å². The van der Waals surface area contributed by atoms with E-state index in [4.69, 9.17) is 0 Å². The van der Waals surface area contributed by atoms with Crippen molar-refractivity contribution in [3.63, 3.8) is 0 Å². The van der Waals surface area contributed by atoms with Gasteiger partial charge in [0.2, 0.25) is 0 Å². The Labute approximate surface area is 114 Å². The van der Waals surface area contributed by atoms with Gasteiger partial charge in [-0.15, -0.1) is 0 Å². The molecule has 20 heavy (non-hydrogen) atoms. The number of H-pyrrole nitrogens is 2. The van der Waals surface area contributed by atoms with Crippen LogP contribution in [-0.4, -0.2) is 30.7 Å². The first-order valence-electron chi connectivity index (χ1n) is 6.98. The highest BCUT2D eigenvalue weighted by Crippen LogP contribution is 2.31.